The Labute approximate surface area is 65.9 Å². The molecule has 0 amide bonds. The Morgan fingerprint density at radius 1 is 1.36 bits per heavy atom. The second kappa shape index (κ2) is 2.38. The van der Waals surface area contributed by atoms with E-state index in [1.54, 1.807) is 6.21 Å². The van der Waals surface area contributed by atoms with Gasteiger partial charge in [0.2, 0.25) is 0 Å². The Bertz CT molecular complexity index is 302. The second-order valence-corrected chi connectivity index (χ2v) is 2.59. The van der Waals surface area contributed by atoms with Gasteiger partial charge >= 0.3 is 0 Å². The predicted molar refractivity (Wildman–Crippen MR) is 45.2 cm³/mol. The Morgan fingerprint density at radius 2 is 2.27 bits per heavy atom. The summed E-state index contributed by atoms with van der Waals surface area (Å²) in [7, 11) is 0. The Morgan fingerprint density at radius 3 is 3.09 bits per heavy atom. The fourth-order valence-electron chi connectivity index (χ4n) is 1.17. The third kappa shape index (κ3) is 1.00. The number of nitrogens with zero attached hydrogens (tertiary/aromatic N) is 2. The molecule has 1 aliphatic rings. The van der Waals surface area contributed by atoms with E-state index in [0.717, 1.165) is 17.7 Å². The predicted octanol–water partition coefficient (Wildman–Crippen LogP) is 1.83. The molecule has 0 aromatic heterocycles. The summed E-state index contributed by atoms with van der Waals surface area (Å²) in [5.74, 6) is 0. The molecular formula is C9H9N2. The van der Waals surface area contributed by atoms with Crippen molar-refractivity contribution in [2.24, 2.45) is 5.10 Å². The van der Waals surface area contributed by atoms with Crippen molar-refractivity contribution in [2.75, 3.05) is 0 Å². The molecule has 1 aromatic rings. The molecule has 1 aromatic carbocycles. The van der Waals surface area contributed by atoms with Crippen LogP contribution in [0.1, 0.15) is 18.1 Å². The summed E-state index contributed by atoms with van der Waals surface area (Å²) in [6.45, 7) is 2.14. The number of fused-ring (bicyclic) bond motifs is 1. The molecule has 0 spiro atoms. The van der Waals surface area contributed by atoms with Gasteiger partial charge < -0.3 is 0 Å². The van der Waals surface area contributed by atoms with Crippen molar-refractivity contribution in [3.8, 4) is 0 Å². The van der Waals surface area contributed by atoms with E-state index in [-0.39, 0.29) is 0 Å². The van der Waals surface area contributed by atoms with Gasteiger partial charge in [-0.3, -0.25) is 0 Å². The average Bonchev–Trinajstić information content (AvgIpc) is 2.50. The molecule has 0 saturated heterocycles. The van der Waals surface area contributed by atoms with Crippen LogP contribution in [0.25, 0.3) is 0 Å². The molecule has 1 radical (unpaired) electrons. The first-order chi connectivity index (χ1) is 5.40. The van der Waals surface area contributed by atoms with Crippen LogP contribution in [0.15, 0.2) is 23.3 Å². The van der Waals surface area contributed by atoms with Crippen LogP contribution in [0.5, 0.6) is 0 Å². The van der Waals surface area contributed by atoms with Crippen molar-refractivity contribution < 1.29 is 0 Å². The molecule has 0 saturated carbocycles. The molecule has 0 unspecified atom stereocenters. The van der Waals surface area contributed by atoms with Gasteiger partial charge in [-0.15, -0.1) is 0 Å². The molecule has 1 heterocycles. The largest absolute Gasteiger partial charge is 0.158 e. The number of hydrogen-bond donors (Lipinski definition) is 0. The van der Waals surface area contributed by atoms with Crippen molar-refractivity contribution in [3.63, 3.8) is 0 Å². The fraction of sp³-hybridized carbons (Fsp3) is 0.222. The van der Waals surface area contributed by atoms with Gasteiger partial charge in [0.25, 0.3) is 0 Å². The summed E-state index contributed by atoms with van der Waals surface area (Å²) in [5.41, 5.74) is 7.42. The maximum Gasteiger partial charge on any atom is 0.0945 e. The molecular weight excluding hydrogens is 136 g/mol. The van der Waals surface area contributed by atoms with E-state index >= 15 is 0 Å². The smallest absolute Gasteiger partial charge is 0.0945 e. The van der Waals surface area contributed by atoms with Crippen LogP contribution in [-0.2, 0) is 6.42 Å². The van der Waals surface area contributed by atoms with E-state index in [9.17, 15) is 0 Å². The molecule has 0 N–H and O–H groups in total. The summed E-state index contributed by atoms with van der Waals surface area (Å²) in [6.07, 6.45) is 2.87. The molecule has 2 heteroatoms. The molecule has 2 rings (SSSR count). The van der Waals surface area contributed by atoms with Crippen LogP contribution in [0.2, 0.25) is 0 Å². The van der Waals surface area contributed by atoms with Crippen LogP contribution in [-0.4, -0.2) is 6.21 Å². The molecule has 0 aliphatic carbocycles. The first-order valence-corrected chi connectivity index (χ1v) is 3.77. The molecule has 55 valence electrons. The maximum absolute atomic E-state index is 3.94. The minimum absolute atomic E-state index is 0.988. The zero-order chi connectivity index (χ0) is 7.68. The Balaban J connectivity index is 2.47. The zero-order valence-electron chi connectivity index (χ0n) is 6.41. The lowest BCUT2D eigenvalue weighted by Crippen LogP contribution is -1.85. The lowest BCUT2D eigenvalue weighted by molar-refractivity contribution is 0.989. The highest BCUT2D eigenvalue weighted by molar-refractivity contribution is 5.89. The van der Waals surface area contributed by atoms with E-state index < -0.39 is 0 Å². The number of rotatable bonds is 1. The van der Waals surface area contributed by atoms with Crippen LogP contribution in [0, 0.1) is 0 Å². The number of hydrogen-bond acceptors (Lipinski definition) is 1. The van der Waals surface area contributed by atoms with E-state index in [1.165, 1.54) is 5.56 Å². The standard InChI is InChI=1S/C9H9N2/c1-2-7-3-4-9-8(5-7)6-10-11-9/h3-6H,2H2,1H3. The normalized spacial score (nSPS) is 12.8. The van der Waals surface area contributed by atoms with Gasteiger partial charge in [-0.2, -0.15) is 10.5 Å². The van der Waals surface area contributed by atoms with Gasteiger partial charge in [-0.1, -0.05) is 13.0 Å². The molecule has 11 heavy (non-hydrogen) atoms. The van der Waals surface area contributed by atoms with E-state index in [4.69, 9.17) is 0 Å². The number of benzene rings is 1. The molecule has 0 atom stereocenters. The van der Waals surface area contributed by atoms with Gasteiger partial charge in [0.15, 0.2) is 0 Å². The van der Waals surface area contributed by atoms with Crippen LogP contribution < -0.4 is 5.43 Å². The first-order valence-electron chi connectivity index (χ1n) is 3.77. The Hall–Kier alpha value is -1.31. The molecule has 0 fully saturated rings. The highest BCUT2D eigenvalue weighted by Crippen LogP contribution is 2.19. The fourth-order valence-corrected chi connectivity index (χ4v) is 1.17. The van der Waals surface area contributed by atoms with Crippen LogP contribution in [0.3, 0.4) is 0 Å². The van der Waals surface area contributed by atoms with Crippen molar-refractivity contribution >= 4 is 11.9 Å². The number of aryl methyl sites for hydroxylation is 1. The lowest BCUT2D eigenvalue weighted by atomic mass is 10.1. The summed E-state index contributed by atoms with van der Waals surface area (Å²) in [4.78, 5) is 0. The molecule has 0 bridgehead atoms. The monoisotopic (exact) mass is 145 g/mol. The minimum Gasteiger partial charge on any atom is -0.158 e. The highest BCUT2D eigenvalue weighted by atomic mass is 15.3. The van der Waals surface area contributed by atoms with Gasteiger partial charge in [-0.25, -0.2) is 0 Å². The zero-order valence-corrected chi connectivity index (χ0v) is 6.41. The average molecular weight is 145 g/mol. The molecule has 1 aliphatic heterocycles. The summed E-state index contributed by atoms with van der Waals surface area (Å²) < 4.78 is 0. The molecule has 2 nitrogen and oxygen atoms in total. The topological polar surface area (TPSA) is 26.5 Å². The van der Waals surface area contributed by atoms with Crippen LogP contribution >= 0.6 is 0 Å². The van der Waals surface area contributed by atoms with E-state index in [1.807, 2.05) is 6.07 Å². The second-order valence-electron chi connectivity index (χ2n) is 2.59. The quantitative estimate of drug-likeness (QED) is 0.576. The third-order valence-corrected chi connectivity index (χ3v) is 1.86. The van der Waals surface area contributed by atoms with Crippen molar-refractivity contribution in [1.82, 2.24) is 5.43 Å². The maximum atomic E-state index is 3.94. The van der Waals surface area contributed by atoms with Gasteiger partial charge in [0, 0.05) is 5.56 Å². The Kier molecular flexibility index (Phi) is 1.39. The van der Waals surface area contributed by atoms with Gasteiger partial charge in [0.1, 0.15) is 0 Å². The van der Waals surface area contributed by atoms with E-state index in [2.05, 4.69) is 29.6 Å². The van der Waals surface area contributed by atoms with Crippen molar-refractivity contribution in [2.45, 2.75) is 13.3 Å². The van der Waals surface area contributed by atoms with Crippen molar-refractivity contribution in [1.29, 1.82) is 0 Å². The lowest BCUT2D eigenvalue weighted by Gasteiger charge is -1.98. The summed E-state index contributed by atoms with van der Waals surface area (Å²) in [5, 5.41) is 3.83. The van der Waals surface area contributed by atoms with Crippen LogP contribution in [0.4, 0.5) is 5.69 Å². The SMILES string of the molecule is CCc1ccc2c(c1)C=N[N]2. The van der Waals surface area contributed by atoms with Gasteiger partial charge in [0.05, 0.1) is 11.9 Å². The minimum atomic E-state index is 0.988. The summed E-state index contributed by atoms with van der Waals surface area (Å²) in [6, 6.07) is 6.24. The summed E-state index contributed by atoms with van der Waals surface area (Å²) >= 11 is 0. The van der Waals surface area contributed by atoms with E-state index in [0.29, 0.717) is 0 Å². The van der Waals surface area contributed by atoms with Gasteiger partial charge in [-0.05, 0) is 24.1 Å². The first kappa shape index (κ1) is 6.40. The van der Waals surface area contributed by atoms with Crippen molar-refractivity contribution in [3.05, 3.63) is 29.3 Å². The third-order valence-electron chi connectivity index (χ3n) is 1.86. The highest BCUT2D eigenvalue weighted by Gasteiger charge is 2.06.